The highest BCUT2D eigenvalue weighted by Gasteiger charge is 2.35. The maximum Gasteiger partial charge on any atom is 0.339 e. The molecule has 0 radical (unpaired) electrons. The van der Waals surface area contributed by atoms with Crippen molar-refractivity contribution in [2.24, 2.45) is 11.8 Å². The zero-order valence-electron chi connectivity index (χ0n) is 12.7. The van der Waals surface area contributed by atoms with E-state index in [-0.39, 0.29) is 29.4 Å². The first kappa shape index (κ1) is 15.5. The van der Waals surface area contributed by atoms with Gasteiger partial charge in [0.2, 0.25) is 0 Å². The third-order valence-corrected chi connectivity index (χ3v) is 4.35. The molecule has 1 saturated carbocycles. The summed E-state index contributed by atoms with van der Waals surface area (Å²) in [4.78, 5) is 23.0. The third-order valence-electron chi connectivity index (χ3n) is 4.35. The molecule has 116 valence electrons. The van der Waals surface area contributed by atoms with E-state index in [1.54, 1.807) is 11.6 Å². The molecule has 0 aliphatic heterocycles. The Hall–Kier alpha value is -1.85. The van der Waals surface area contributed by atoms with Gasteiger partial charge < -0.3 is 9.84 Å². The van der Waals surface area contributed by atoms with Gasteiger partial charge in [0.1, 0.15) is 5.56 Å². The van der Waals surface area contributed by atoms with E-state index in [0.29, 0.717) is 12.3 Å². The average molecular weight is 294 g/mol. The van der Waals surface area contributed by atoms with E-state index < -0.39 is 5.97 Å². The van der Waals surface area contributed by atoms with E-state index in [1.165, 1.54) is 6.20 Å². The topological polar surface area (TPSA) is 81.4 Å². The first-order valence-electron chi connectivity index (χ1n) is 7.39. The summed E-state index contributed by atoms with van der Waals surface area (Å²) in [7, 11) is 0. The van der Waals surface area contributed by atoms with Crippen molar-refractivity contribution in [2.75, 3.05) is 6.61 Å². The molecule has 3 atom stereocenters. The first-order valence-corrected chi connectivity index (χ1v) is 7.39. The minimum atomic E-state index is -0.952. The van der Waals surface area contributed by atoms with Crippen LogP contribution in [0.4, 0.5) is 0 Å². The van der Waals surface area contributed by atoms with Crippen molar-refractivity contribution in [1.29, 1.82) is 0 Å². The predicted octanol–water partition coefficient (Wildman–Crippen LogP) is 2.43. The van der Waals surface area contributed by atoms with E-state index in [1.807, 2.05) is 13.8 Å². The van der Waals surface area contributed by atoms with Crippen molar-refractivity contribution in [2.45, 2.75) is 46.1 Å². The summed E-state index contributed by atoms with van der Waals surface area (Å²) in [6.07, 6.45) is 3.78. The fourth-order valence-corrected chi connectivity index (χ4v) is 3.19. The third kappa shape index (κ3) is 3.09. The van der Waals surface area contributed by atoms with Gasteiger partial charge in [0.15, 0.2) is 0 Å². The van der Waals surface area contributed by atoms with Gasteiger partial charge in [0.05, 0.1) is 30.5 Å². The van der Waals surface area contributed by atoms with Crippen LogP contribution in [0.1, 0.15) is 55.2 Å². The van der Waals surface area contributed by atoms with Crippen LogP contribution in [0.25, 0.3) is 0 Å². The van der Waals surface area contributed by atoms with Crippen LogP contribution in [0, 0.1) is 18.8 Å². The van der Waals surface area contributed by atoms with Crippen molar-refractivity contribution in [3.05, 3.63) is 17.5 Å². The smallest absolute Gasteiger partial charge is 0.339 e. The Morgan fingerprint density at radius 2 is 2.19 bits per heavy atom. The van der Waals surface area contributed by atoms with Gasteiger partial charge in [-0.25, -0.2) is 4.79 Å². The monoisotopic (exact) mass is 294 g/mol. The minimum Gasteiger partial charge on any atom is -0.478 e. The van der Waals surface area contributed by atoms with Crippen LogP contribution in [0.15, 0.2) is 6.20 Å². The van der Waals surface area contributed by atoms with Gasteiger partial charge in [-0.3, -0.25) is 9.48 Å². The maximum atomic E-state index is 11.9. The molecule has 0 spiro atoms. The van der Waals surface area contributed by atoms with Gasteiger partial charge in [0, 0.05) is 0 Å². The zero-order valence-corrected chi connectivity index (χ0v) is 12.7. The second-order valence-electron chi connectivity index (χ2n) is 5.70. The fourth-order valence-electron chi connectivity index (χ4n) is 3.19. The highest BCUT2D eigenvalue weighted by Crippen LogP contribution is 2.37. The summed E-state index contributed by atoms with van der Waals surface area (Å²) < 4.78 is 6.91. The maximum absolute atomic E-state index is 11.9. The molecular weight excluding hydrogens is 272 g/mol. The standard InChI is InChI=1S/C15H22N2O4/c1-4-21-15(20)12-6-5-11(7-9(12)2)17-10(3)13(8-16-17)14(18)19/h8-9,11-12H,4-7H2,1-3H3,(H,18,19)/t9-,11-,12-/m0/s1. The highest BCUT2D eigenvalue weighted by atomic mass is 16.5. The molecule has 6 heteroatoms. The van der Waals surface area contributed by atoms with Crippen molar-refractivity contribution in [3.8, 4) is 0 Å². The number of nitrogens with zero attached hydrogens (tertiary/aromatic N) is 2. The second kappa shape index (κ2) is 6.28. The molecule has 6 nitrogen and oxygen atoms in total. The van der Waals surface area contributed by atoms with E-state index in [9.17, 15) is 9.59 Å². The number of carboxylic acids is 1. The lowest BCUT2D eigenvalue weighted by molar-refractivity contribution is -0.151. The second-order valence-corrected chi connectivity index (χ2v) is 5.70. The summed E-state index contributed by atoms with van der Waals surface area (Å²) in [5, 5.41) is 13.3. The molecule has 1 heterocycles. The van der Waals surface area contributed by atoms with E-state index in [2.05, 4.69) is 5.10 Å². The number of carbonyl (C=O) groups excluding carboxylic acids is 1. The zero-order chi connectivity index (χ0) is 15.6. The molecule has 0 amide bonds. The largest absolute Gasteiger partial charge is 0.478 e. The van der Waals surface area contributed by atoms with Gasteiger partial charge in [0.25, 0.3) is 0 Å². The molecule has 1 N–H and O–H groups in total. The van der Waals surface area contributed by atoms with Crippen LogP contribution in [0.2, 0.25) is 0 Å². The number of esters is 1. The number of aromatic carboxylic acids is 1. The molecule has 0 saturated heterocycles. The van der Waals surface area contributed by atoms with Gasteiger partial charge in [-0.1, -0.05) is 6.92 Å². The molecule has 1 aliphatic rings. The Balaban J connectivity index is 2.09. The molecule has 1 aromatic rings. The molecule has 1 aliphatic carbocycles. The normalized spacial score (nSPS) is 25.6. The summed E-state index contributed by atoms with van der Waals surface area (Å²) >= 11 is 0. The van der Waals surface area contributed by atoms with Crippen LogP contribution in [-0.2, 0) is 9.53 Å². The van der Waals surface area contributed by atoms with Gasteiger partial charge in [-0.15, -0.1) is 0 Å². The molecule has 1 fully saturated rings. The Morgan fingerprint density at radius 3 is 2.71 bits per heavy atom. The summed E-state index contributed by atoms with van der Waals surface area (Å²) in [6.45, 7) is 6.05. The first-order chi connectivity index (χ1) is 9.95. The number of hydrogen-bond donors (Lipinski definition) is 1. The molecule has 1 aromatic heterocycles. The van der Waals surface area contributed by atoms with Crippen LogP contribution < -0.4 is 0 Å². The van der Waals surface area contributed by atoms with Crippen LogP contribution in [0.5, 0.6) is 0 Å². The predicted molar refractivity (Wildman–Crippen MR) is 76.1 cm³/mol. The van der Waals surface area contributed by atoms with Gasteiger partial charge >= 0.3 is 11.9 Å². The Morgan fingerprint density at radius 1 is 1.48 bits per heavy atom. The molecule has 0 unspecified atom stereocenters. The van der Waals surface area contributed by atoms with Gasteiger partial charge in [-0.05, 0) is 39.0 Å². The summed E-state index contributed by atoms with van der Waals surface area (Å²) in [5.74, 6) is -0.922. The Labute approximate surface area is 124 Å². The quantitative estimate of drug-likeness (QED) is 0.862. The van der Waals surface area contributed by atoms with Crippen LogP contribution in [0.3, 0.4) is 0 Å². The van der Waals surface area contributed by atoms with Crippen molar-refractivity contribution in [3.63, 3.8) is 0 Å². The molecule has 2 rings (SSSR count). The molecule has 0 bridgehead atoms. The summed E-state index contributed by atoms with van der Waals surface area (Å²) in [6, 6.07) is 0.152. The number of carboxylic acid groups (broad SMARTS) is 1. The van der Waals surface area contributed by atoms with E-state index in [4.69, 9.17) is 9.84 Å². The Kier molecular flexibility index (Phi) is 4.65. The molecule has 0 aromatic carbocycles. The molecular formula is C15H22N2O4. The number of rotatable bonds is 4. The lowest BCUT2D eigenvalue weighted by Gasteiger charge is -2.33. The van der Waals surface area contributed by atoms with Crippen molar-refractivity contribution >= 4 is 11.9 Å². The number of ether oxygens (including phenoxy) is 1. The van der Waals surface area contributed by atoms with E-state index >= 15 is 0 Å². The lowest BCUT2D eigenvalue weighted by Crippen LogP contribution is -2.32. The Bertz CT molecular complexity index is 538. The van der Waals surface area contributed by atoms with Gasteiger partial charge in [-0.2, -0.15) is 5.10 Å². The fraction of sp³-hybridized carbons (Fsp3) is 0.667. The van der Waals surface area contributed by atoms with Crippen LogP contribution >= 0.6 is 0 Å². The number of carbonyl (C=O) groups is 2. The summed E-state index contributed by atoms with van der Waals surface area (Å²) in [5.41, 5.74) is 0.921. The SMILES string of the molecule is CCOC(=O)[C@H]1CC[C@H](n2ncc(C(=O)O)c2C)C[C@@H]1C. The van der Waals surface area contributed by atoms with E-state index in [0.717, 1.165) is 19.3 Å². The average Bonchev–Trinajstić information content (AvgIpc) is 2.80. The van der Waals surface area contributed by atoms with Crippen molar-refractivity contribution in [1.82, 2.24) is 9.78 Å². The van der Waals surface area contributed by atoms with Crippen molar-refractivity contribution < 1.29 is 19.4 Å². The number of hydrogen-bond acceptors (Lipinski definition) is 4. The highest BCUT2D eigenvalue weighted by molar-refractivity contribution is 5.88. The minimum absolute atomic E-state index is 0.0592. The lowest BCUT2D eigenvalue weighted by atomic mass is 9.78. The van der Waals surface area contributed by atoms with Crippen LogP contribution in [-0.4, -0.2) is 33.4 Å². The molecule has 21 heavy (non-hydrogen) atoms. The number of aromatic nitrogens is 2.